The minimum absolute atomic E-state index is 0.249. The second kappa shape index (κ2) is 8.10. The van der Waals surface area contributed by atoms with Crippen molar-refractivity contribution in [1.82, 2.24) is 20.1 Å². The molecule has 1 saturated heterocycles. The molecule has 7 heteroatoms. The van der Waals surface area contributed by atoms with Gasteiger partial charge in [0.1, 0.15) is 11.6 Å². The van der Waals surface area contributed by atoms with E-state index in [1.165, 1.54) is 12.1 Å². The molecule has 24 heavy (non-hydrogen) atoms. The molecular weight excluding hydrogens is 327 g/mol. The Balaban J connectivity index is 1.43. The van der Waals surface area contributed by atoms with E-state index in [0.717, 1.165) is 37.2 Å². The third-order valence-corrected chi connectivity index (χ3v) is 4.69. The third-order valence-electron chi connectivity index (χ3n) is 3.76. The Kier molecular flexibility index (Phi) is 5.63. The highest BCUT2D eigenvalue weighted by molar-refractivity contribution is 7.99. The van der Waals surface area contributed by atoms with Crippen LogP contribution in [0.4, 0.5) is 4.39 Å². The maximum absolute atomic E-state index is 12.8. The normalized spacial score (nSPS) is 14.9. The summed E-state index contributed by atoms with van der Waals surface area (Å²) >= 11 is 1.57. The average Bonchev–Trinajstić information content (AvgIpc) is 3.20. The molecule has 0 saturated carbocycles. The van der Waals surface area contributed by atoms with E-state index in [9.17, 15) is 9.18 Å². The fourth-order valence-electron chi connectivity index (χ4n) is 2.51. The second-order valence-corrected chi connectivity index (χ2v) is 6.64. The number of likely N-dealkylation sites (tertiary alicyclic amines) is 1. The number of hydrogen-bond donors (Lipinski definition) is 1. The van der Waals surface area contributed by atoms with Crippen LogP contribution in [0.25, 0.3) is 12.2 Å². The molecule has 126 valence electrons. The molecular formula is C17H19FN4OS. The molecule has 3 rings (SSSR count). The number of rotatable bonds is 7. The maximum Gasteiger partial charge on any atom is 0.222 e. The van der Waals surface area contributed by atoms with Crippen molar-refractivity contribution in [2.75, 3.05) is 18.8 Å². The quantitative estimate of drug-likeness (QED) is 0.618. The Labute approximate surface area is 144 Å². The van der Waals surface area contributed by atoms with Gasteiger partial charge in [-0.2, -0.15) is 0 Å². The summed E-state index contributed by atoms with van der Waals surface area (Å²) in [6.45, 7) is 1.70. The fourth-order valence-corrected chi connectivity index (χ4v) is 3.23. The van der Waals surface area contributed by atoms with E-state index >= 15 is 0 Å². The van der Waals surface area contributed by atoms with Crippen LogP contribution in [-0.2, 0) is 4.79 Å². The number of aromatic amines is 1. The average molecular weight is 346 g/mol. The van der Waals surface area contributed by atoms with Crippen LogP contribution in [0.5, 0.6) is 0 Å². The van der Waals surface area contributed by atoms with Crippen molar-refractivity contribution >= 4 is 29.8 Å². The van der Waals surface area contributed by atoms with Crippen molar-refractivity contribution in [2.45, 2.75) is 24.4 Å². The van der Waals surface area contributed by atoms with E-state index in [-0.39, 0.29) is 11.7 Å². The molecule has 0 atom stereocenters. The van der Waals surface area contributed by atoms with Crippen molar-refractivity contribution < 1.29 is 9.18 Å². The summed E-state index contributed by atoms with van der Waals surface area (Å²) in [7, 11) is 0. The first-order valence-corrected chi connectivity index (χ1v) is 8.96. The number of carbonyl (C=O) groups excluding carboxylic acids is 1. The molecule has 0 bridgehead atoms. The molecule has 0 aliphatic carbocycles. The van der Waals surface area contributed by atoms with E-state index in [4.69, 9.17) is 0 Å². The van der Waals surface area contributed by atoms with Gasteiger partial charge < -0.3 is 4.90 Å². The molecule has 1 aromatic carbocycles. The number of H-pyrrole nitrogens is 1. The highest BCUT2D eigenvalue weighted by atomic mass is 32.2. The Hall–Kier alpha value is -2.15. The van der Waals surface area contributed by atoms with Crippen molar-refractivity contribution in [3.05, 3.63) is 41.5 Å². The largest absolute Gasteiger partial charge is 0.343 e. The molecule has 1 fully saturated rings. The van der Waals surface area contributed by atoms with Gasteiger partial charge >= 0.3 is 0 Å². The summed E-state index contributed by atoms with van der Waals surface area (Å²) in [5, 5.41) is 7.73. The first-order chi connectivity index (χ1) is 11.7. The van der Waals surface area contributed by atoms with Crippen LogP contribution in [-0.4, -0.2) is 44.8 Å². The standard InChI is InChI=1S/C17H19FN4OS/c18-14-7-4-13(5-8-14)6-9-15-19-17(21-20-15)24-12-2-11-22-10-1-3-16(22)23/h4-9H,1-3,10-12H2,(H,19,20,21)/b9-6-. The van der Waals surface area contributed by atoms with E-state index in [0.29, 0.717) is 17.4 Å². The topological polar surface area (TPSA) is 61.9 Å². The Morgan fingerprint density at radius 1 is 1.29 bits per heavy atom. The van der Waals surface area contributed by atoms with Crippen LogP contribution in [0.1, 0.15) is 30.7 Å². The number of hydrogen-bond acceptors (Lipinski definition) is 4. The van der Waals surface area contributed by atoms with Gasteiger partial charge in [0.15, 0.2) is 0 Å². The van der Waals surface area contributed by atoms with Gasteiger partial charge in [-0.3, -0.25) is 9.89 Å². The SMILES string of the molecule is O=C1CCCN1CCCSc1n[nH]c(/C=C\c2ccc(F)cc2)n1. The summed E-state index contributed by atoms with van der Waals surface area (Å²) in [6, 6.07) is 6.26. The lowest BCUT2D eigenvalue weighted by molar-refractivity contribution is -0.127. The Morgan fingerprint density at radius 3 is 2.88 bits per heavy atom. The molecule has 2 aromatic rings. The van der Waals surface area contributed by atoms with Crippen molar-refractivity contribution in [3.8, 4) is 0 Å². The maximum atomic E-state index is 12.8. The van der Waals surface area contributed by atoms with Gasteiger partial charge in [0.2, 0.25) is 11.1 Å². The van der Waals surface area contributed by atoms with E-state index < -0.39 is 0 Å². The van der Waals surface area contributed by atoms with Gasteiger partial charge in [0.25, 0.3) is 0 Å². The third kappa shape index (κ3) is 4.67. The minimum Gasteiger partial charge on any atom is -0.343 e. The molecule has 1 amide bonds. The van der Waals surface area contributed by atoms with Gasteiger partial charge in [-0.15, -0.1) is 5.10 Å². The number of nitrogens with one attached hydrogen (secondary N) is 1. The molecule has 2 heterocycles. The van der Waals surface area contributed by atoms with Crippen LogP contribution in [0.2, 0.25) is 0 Å². The Bertz CT molecular complexity index is 714. The van der Waals surface area contributed by atoms with Crippen LogP contribution in [0.3, 0.4) is 0 Å². The van der Waals surface area contributed by atoms with Gasteiger partial charge in [0.05, 0.1) is 0 Å². The van der Waals surface area contributed by atoms with Crippen molar-refractivity contribution in [2.24, 2.45) is 0 Å². The van der Waals surface area contributed by atoms with E-state index in [1.807, 2.05) is 17.1 Å². The first-order valence-electron chi connectivity index (χ1n) is 7.97. The van der Waals surface area contributed by atoms with Gasteiger partial charge in [-0.25, -0.2) is 9.37 Å². The minimum atomic E-state index is -0.249. The molecule has 1 aliphatic rings. The molecule has 0 unspecified atom stereocenters. The molecule has 0 radical (unpaired) electrons. The Morgan fingerprint density at radius 2 is 2.12 bits per heavy atom. The zero-order valence-corrected chi connectivity index (χ0v) is 14.1. The monoisotopic (exact) mass is 346 g/mol. The number of thioether (sulfide) groups is 1. The molecule has 1 aliphatic heterocycles. The molecule has 1 N–H and O–H groups in total. The number of nitrogens with zero attached hydrogens (tertiary/aromatic N) is 3. The summed E-state index contributed by atoms with van der Waals surface area (Å²) in [6.07, 6.45) is 6.28. The van der Waals surface area contributed by atoms with Crippen molar-refractivity contribution in [3.63, 3.8) is 0 Å². The predicted molar refractivity (Wildman–Crippen MR) is 92.9 cm³/mol. The van der Waals surface area contributed by atoms with Gasteiger partial charge in [-0.05, 0) is 36.6 Å². The molecule has 5 nitrogen and oxygen atoms in total. The number of aromatic nitrogens is 3. The van der Waals surface area contributed by atoms with E-state index in [1.54, 1.807) is 23.9 Å². The number of halogens is 1. The van der Waals surface area contributed by atoms with Crippen molar-refractivity contribution in [1.29, 1.82) is 0 Å². The summed E-state index contributed by atoms with van der Waals surface area (Å²) in [4.78, 5) is 17.8. The van der Waals surface area contributed by atoms with Crippen LogP contribution < -0.4 is 0 Å². The number of carbonyl (C=O) groups is 1. The first kappa shape index (κ1) is 16.7. The molecule has 0 spiro atoms. The summed E-state index contributed by atoms with van der Waals surface area (Å²) in [5.41, 5.74) is 0.900. The highest BCUT2D eigenvalue weighted by Gasteiger charge is 2.19. The molecule has 1 aromatic heterocycles. The van der Waals surface area contributed by atoms with Crippen LogP contribution in [0, 0.1) is 5.82 Å². The lowest BCUT2D eigenvalue weighted by Crippen LogP contribution is -2.25. The lowest BCUT2D eigenvalue weighted by Gasteiger charge is -2.14. The zero-order chi connectivity index (χ0) is 16.8. The van der Waals surface area contributed by atoms with Crippen LogP contribution in [0.15, 0.2) is 29.4 Å². The van der Waals surface area contributed by atoms with E-state index in [2.05, 4.69) is 15.2 Å². The second-order valence-electron chi connectivity index (χ2n) is 5.57. The van der Waals surface area contributed by atoms with Gasteiger partial charge in [0, 0.05) is 25.3 Å². The zero-order valence-electron chi connectivity index (χ0n) is 13.2. The van der Waals surface area contributed by atoms with Crippen LogP contribution >= 0.6 is 11.8 Å². The summed E-state index contributed by atoms with van der Waals surface area (Å²) < 4.78 is 12.8. The lowest BCUT2D eigenvalue weighted by atomic mass is 10.2. The fraction of sp³-hybridized carbons (Fsp3) is 0.353. The predicted octanol–water partition coefficient (Wildman–Crippen LogP) is 3.22. The number of amides is 1. The smallest absolute Gasteiger partial charge is 0.222 e. The number of benzene rings is 1. The summed E-state index contributed by atoms with van der Waals surface area (Å²) in [5.74, 6) is 1.56. The van der Waals surface area contributed by atoms with Gasteiger partial charge in [-0.1, -0.05) is 30.0 Å². The highest BCUT2D eigenvalue weighted by Crippen LogP contribution is 2.16.